The van der Waals surface area contributed by atoms with Crippen molar-refractivity contribution in [1.82, 2.24) is 4.90 Å². The molecule has 1 heterocycles. The Kier molecular flexibility index (Phi) is 4.12. The first-order chi connectivity index (χ1) is 8.31. The van der Waals surface area contributed by atoms with Crippen molar-refractivity contribution in [1.29, 1.82) is 0 Å². The van der Waals surface area contributed by atoms with E-state index in [2.05, 4.69) is 4.90 Å². The van der Waals surface area contributed by atoms with Gasteiger partial charge < -0.3 is 9.84 Å². The van der Waals surface area contributed by atoms with E-state index in [1.54, 1.807) is 12.1 Å². The molecule has 0 amide bonds. The second-order valence-electron chi connectivity index (χ2n) is 4.18. The summed E-state index contributed by atoms with van der Waals surface area (Å²) in [6.45, 7) is 4.32. The van der Waals surface area contributed by atoms with Crippen LogP contribution in [0.4, 0.5) is 0 Å². The van der Waals surface area contributed by atoms with Crippen molar-refractivity contribution < 1.29 is 14.6 Å². The largest absolute Gasteiger partial charge is 0.507 e. The summed E-state index contributed by atoms with van der Waals surface area (Å²) in [7, 11) is 0. The van der Waals surface area contributed by atoms with Gasteiger partial charge in [-0.3, -0.25) is 9.69 Å². The van der Waals surface area contributed by atoms with E-state index in [-0.39, 0.29) is 5.75 Å². The van der Waals surface area contributed by atoms with E-state index in [1.165, 1.54) is 0 Å². The molecule has 1 aliphatic heterocycles. The van der Waals surface area contributed by atoms with Gasteiger partial charge in [0.2, 0.25) is 0 Å². The van der Waals surface area contributed by atoms with Gasteiger partial charge in [0, 0.05) is 19.6 Å². The summed E-state index contributed by atoms with van der Waals surface area (Å²) in [6.07, 6.45) is 1.45. The molecular weight excluding hydrogens is 218 g/mol. The van der Waals surface area contributed by atoms with Crippen molar-refractivity contribution in [3.63, 3.8) is 0 Å². The summed E-state index contributed by atoms with van der Waals surface area (Å²) >= 11 is 0. The second-order valence-corrected chi connectivity index (χ2v) is 4.18. The Bertz CT molecular complexity index is 386. The monoisotopic (exact) mass is 235 g/mol. The van der Waals surface area contributed by atoms with Crippen molar-refractivity contribution in [3.8, 4) is 5.75 Å². The maximum absolute atomic E-state index is 10.7. The van der Waals surface area contributed by atoms with Gasteiger partial charge in [-0.05, 0) is 18.1 Å². The number of hydrogen-bond donors (Lipinski definition) is 1. The maximum atomic E-state index is 10.7. The number of ether oxygens (including phenoxy) is 1. The molecule has 1 N–H and O–H groups in total. The smallest absolute Gasteiger partial charge is 0.153 e. The fourth-order valence-electron chi connectivity index (χ4n) is 2.01. The molecule has 92 valence electrons. The molecule has 0 aromatic heterocycles. The zero-order valence-electron chi connectivity index (χ0n) is 9.76. The van der Waals surface area contributed by atoms with Crippen LogP contribution in [0.1, 0.15) is 15.9 Å². The van der Waals surface area contributed by atoms with Crippen LogP contribution in [0.5, 0.6) is 5.75 Å². The van der Waals surface area contributed by atoms with Gasteiger partial charge in [0.15, 0.2) is 6.29 Å². The predicted octanol–water partition coefficient (Wildman–Crippen LogP) is 1.08. The van der Waals surface area contributed by atoms with Crippen LogP contribution in [0.25, 0.3) is 0 Å². The predicted molar refractivity (Wildman–Crippen MR) is 64.5 cm³/mol. The summed E-state index contributed by atoms with van der Waals surface area (Å²) in [5.41, 5.74) is 1.20. The van der Waals surface area contributed by atoms with Crippen molar-refractivity contribution >= 4 is 6.29 Å². The molecule has 1 aromatic rings. The van der Waals surface area contributed by atoms with Gasteiger partial charge in [-0.2, -0.15) is 0 Å². The summed E-state index contributed by atoms with van der Waals surface area (Å²) in [6, 6.07) is 5.29. The van der Waals surface area contributed by atoms with Crippen LogP contribution < -0.4 is 0 Å². The molecule has 1 fully saturated rings. The Balaban J connectivity index is 1.96. The highest BCUT2D eigenvalue weighted by Crippen LogP contribution is 2.21. The lowest BCUT2D eigenvalue weighted by Crippen LogP contribution is -2.37. The van der Waals surface area contributed by atoms with Gasteiger partial charge in [0.1, 0.15) is 5.75 Å². The van der Waals surface area contributed by atoms with E-state index < -0.39 is 0 Å². The lowest BCUT2D eigenvalue weighted by Gasteiger charge is -2.26. The number of benzene rings is 1. The molecule has 0 saturated carbocycles. The van der Waals surface area contributed by atoms with E-state index in [9.17, 15) is 9.90 Å². The number of morpholine rings is 1. The molecule has 4 nitrogen and oxygen atoms in total. The Morgan fingerprint density at radius 2 is 2.12 bits per heavy atom. The topological polar surface area (TPSA) is 49.8 Å². The minimum atomic E-state index is 0.121. The summed E-state index contributed by atoms with van der Waals surface area (Å²) in [5.74, 6) is 0.121. The highest BCUT2D eigenvalue weighted by atomic mass is 16.5. The minimum Gasteiger partial charge on any atom is -0.507 e. The molecule has 0 bridgehead atoms. The van der Waals surface area contributed by atoms with Crippen molar-refractivity contribution in [2.75, 3.05) is 32.8 Å². The van der Waals surface area contributed by atoms with Crippen LogP contribution in [-0.4, -0.2) is 49.1 Å². The lowest BCUT2D eigenvalue weighted by atomic mass is 10.1. The standard InChI is InChI=1S/C13H17NO3/c15-10-12-3-1-2-11(13(12)16)4-5-14-6-8-17-9-7-14/h1-3,10,16H,4-9H2. The number of phenols is 1. The first-order valence-electron chi connectivity index (χ1n) is 5.87. The molecule has 1 aliphatic rings. The molecule has 0 atom stereocenters. The SMILES string of the molecule is O=Cc1cccc(CCN2CCOCC2)c1O. The number of para-hydroxylation sites is 1. The number of nitrogens with zero attached hydrogens (tertiary/aromatic N) is 1. The number of phenolic OH excluding ortho intramolecular Hbond substituents is 1. The van der Waals surface area contributed by atoms with Gasteiger partial charge in [0.05, 0.1) is 18.8 Å². The van der Waals surface area contributed by atoms with E-state index in [1.807, 2.05) is 6.07 Å². The molecule has 4 heteroatoms. The quantitative estimate of drug-likeness (QED) is 0.793. The van der Waals surface area contributed by atoms with Gasteiger partial charge in [-0.1, -0.05) is 12.1 Å². The second kappa shape index (κ2) is 5.80. The van der Waals surface area contributed by atoms with Gasteiger partial charge >= 0.3 is 0 Å². The zero-order valence-corrected chi connectivity index (χ0v) is 9.76. The third-order valence-electron chi connectivity index (χ3n) is 3.08. The molecule has 0 aliphatic carbocycles. The van der Waals surface area contributed by atoms with Crippen molar-refractivity contribution in [2.45, 2.75) is 6.42 Å². The third-order valence-corrected chi connectivity index (χ3v) is 3.08. The number of aromatic hydroxyl groups is 1. The lowest BCUT2D eigenvalue weighted by molar-refractivity contribution is 0.0384. The number of rotatable bonds is 4. The zero-order chi connectivity index (χ0) is 12.1. The molecule has 0 radical (unpaired) electrons. The maximum Gasteiger partial charge on any atom is 0.153 e. The molecule has 0 spiro atoms. The Labute approximate surface area is 101 Å². The summed E-state index contributed by atoms with van der Waals surface area (Å²) < 4.78 is 5.27. The van der Waals surface area contributed by atoms with Crippen LogP contribution in [-0.2, 0) is 11.2 Å². The first-order valence-corrected chi connectivity index (χ1v) is 5.87. The number of hydrogen-bond acceptors (Lipinski definition) is 4. The fourth-order valence-corrected chi connectivity index (χ4v) is 2.01. The first kappa shape index (κ1) is 12.1. The highest BCUT2D eigenvalue weighted by molar-refractivity contribution is 5.79. The molecule has 0 unspecified atom stereocenters. The number of carbonyl (C=O) groups is 1. The summed E-state index contributed by atoms with van der Waals surface area (Å²) in [5, 5.41) is 9.84. The Morgan fingerprint density at radius 3 is 2.82 bits per heavy atom. The van der Waals surface area contributed by atoms with Crippen LogP contribution in [0.2, 0.25) is 0 Å². The molecule has 2 rings (SSSR count). The van der Waals surface area contributed by atoms with Gasteiger partial charge in [0.25, 0.3) is 0 Å². The normalized spacial score (nSPS) is 16.9. The van der Waals surface area contributed by atoms with Gasteiger partial charge in [-0.25, -0.2) is 0 Å². The molecule has 1 aromatic carbocycles. The van der Waals surface area contributed by atoms with Gasteiger partial charge in [-0.15, -0.1) is 0 Å². The highest BCUT2D eigenvalue weighted by Gasteiger charge is 2.12. The Morgan fingerprint density at radius 1 is 1.35 bits per heavy atom. The molecular formula is C13H17NO3. The van der Waals surface area contributed by atoms with Crippen LogP contribution >= 0.6 is 0 Å². The third kappa shape index (κ3) is 3.05. The van der Waals surface area contributed by atoms with Crippen LogP contribution in [0.3, 0.4) is 0 Å². The van der Waals surface area contributed by atoms with E-state index >= 15 is 0 Å². The molecule has 17 heavy (non-hydrogen) atoms. The van der Waals surface area contributed by atoms with Crippen LogP contribution in [0, 0.1) is 0 Å². The van der Waals surface area contributed by atoms with E-state index in [0.717, 1.165) is 44.8 Å². The van der Waals surface area contributed by atoms with E-state index in [4.69, 9.17) is 4.74 Å². The number of carbonyl (C=O) groups excluding carboxylic acids is 1. The van der Waals surface area contributed by atoms with Crippen molar-refractivity contribution in [3.05, 3.63) is 29.3 Å². The van der Waals surface area contributed by atoms with Crippen LogP contribution in [0.15, 0.2) is 18.2 Å². The summed E-state index contributed by atoms with van der Waals surface area (Å²) in [4.78, 5) is 13.0. The van der Waals surface area contributed by atoms with E-state index in [0.29, 0.717) is 11.8 Å². The fraction of sp³-hybridized carbons (Fsp3) is 0.462. The minimum absolute atomic E-state index is 0.121. The Hall–Kier alpha value is -1.39. The number of aldehydes is 1. The molecule has 1 saturated heterocycles. The average molecular weight is 235 g/mol. The van der Waals surface area contributed by atoms with Crippen molar-refractivity contribution in [2.24, 2.45) is 0 Å². The average Bonchev–Trinajstić information content (AvgIpc) is 2.39.